The molecule has 1 aromatic heterocycles. The van der Waals surface area contributed by atoms with Crippen LogP contribution in [0.1, 0.15) is 44.9 Å². The van der Waals surface area contributed by atoms with Gasteiger partial charge in [0.1, 0.15) is 0 Å². The van der Waals surface area contributed by atoms with E-state index in [-0.39, 0.29) is 16.9 Å². The van der Waals surface area contributed by atoms with Crippen LogP contribution in [0.5, 0.6) is 0 Å². The molecule has 0 aromatic carbocycles. The lowest BCUT2D eigenvalue weighted by atomic mass is 9.83. The van der Waals surface area contributed by atoms with E-state index in [2.05, 4.69) is 4.98 Å². The smallest absolute Gasteiger partial charge is 0.262 e. The third-order valence-electron chi connectivity index (χ3n) is 4.90. The van der Waals surface area contributed by atoms with Crippen LogP contribution in [0.2, 0.25) is 0 Å². The highest BCUT2D eigenvalue weighted by Gasteiger charge is 2.41. The Balaban J connectivity index is 1.90. The normalized spacial score (nSPS) is 25.5. The highest BCUT2D eigenvalue weighted by Crippen LogP contribution is 2.37. The summed E-state index contributed by atoms with van der Waals surface area (Å²) in [6, 6.07) is 0.143. The van der Waals surface area contributed by atoms with Crippen LogP contribution in [0.4, 0.5) is 5.82 Å². The fraction of sp³-hybridized carbons (Fsp3) is 0.786. The average molecular weight is 312 g/mol. The number of aryl methyl sites for hydroxylation is 1. The first-order valence-electron chi connectivity index (χ1n) is 7.80. The van der Waals surface area contributed by atoms with Crippen molar-refractivity contribution in [2.45, 2.75) is 56.0 Å². The monoisotopic (exact) mass is 312 g/mol. The Kier molecular flexibility index (Phi) is 3.96. The minimum absolute atomic E-state index is 0.104. The predicted molar refractivity (Wildman–Crippen MR) is 81.1 cm³/mol. The topological polar surface area (TPSA) is 81.2 Å². The first-order chi connectivity index (χ1) is 10.0. The number of imidazole rings is 1. The molecule has 1 aliphatic heterocycles. The molecule has 1 aliphatic carbocycles. The zero-order chi connectivity index (χ0) is 15.0. The highest BCUT2D eigenvalue weighted by atomic mass is 32.2. The van der Waals surface area contributed by atoms with Gasteiger partial charge in [0.05, 0.1) is 6.33 Å². The van der Waals surface area contributed by atoms with Crippen molar-refractivity contribution in [3.8, 4) is 0 Å². The van der Waals surface area contributed by atoms with E-state index in [9.17, 15) is 8.42 Å². The summed E-state index contributed by atoms with van der Waals surface area (Å²) >= 11 is 0. The molecule has 3 rings (SSSR count). The lowest BCUT2D eigenvalue weighted by molar-refractivity contribution is 0.226. The first kappa shape index (κ1) is 14.8. The second kappa shape index (κ2) is 5.61. The van der Waals surface area contributed by atoms with Crippen LogP contribution < -0.4 is 5.73 Å². The van der Waals surface area contributed by atoms with Crippen LogP contribution in [0, 0.1) is 5.92 Å². The lowest BCUT2D eigenvalue weighted by Gasteiger charge is -2.33. The maximum absolute atomic E-state index is 13.0. The van der Waals surface area contributed by atoms with Crippen molar-refractivity contribution in [3.63, 3.8) is 0 Å². The van der Waals surface area contributed by atoms with Crippen molar-refractivity contribution in [2.75, 3.05) is 12.3 Å². The van der Waals surface area contributed by atoms with Crippen molar-refractivity contribution < 1.29 is 8.42 Å². The summed E-state index contributed by atoms with van der Waals surface area (Å²) in [6.07, 6.45) is 9.42. The summed E-state index contributed by atoms with van der Waals surface area (Å²) in [5, 5.41) is 0.144. The van der Waals surface area contributed by atoms with Gasteiger partial charge in [-0.1, -0.05) is 19.3 Å². The van der Waals surface area contributed by atoms with Crippen molar-refractivity contribution in [1.82, 2.24) is 13.9 Å². The Morgan fingerprint density at radius 2 is 1.90 bits per heavy atom. The average Bonchev–Trinajstić information content (AvgIpc) is 3.07. The molecule has 0 bridgehead atoms. The Labute approximate surface area is 126 Å². The molecule has 1 unspecified atom stereocenters. The molecular formula is C14H24N4O2S. The molecule has 1 saturated carbocycles. The molecule has 2 aliphatic rings. The highest BCUT2D eigenvalue weighted by molar-refractivity contribution is 7.89. The fourth-order valence-electron chi connectivity index (χ4n) is 3.92. The SMILES string of the molecule is Cn1cnc(N)c1S(=O)(=O)N1CCCC1C1CCCCC1. The lowest BCUT2D eigenvalue weighted by Crippen LogP contribution is -2.41. The third kappa shape index (κ3) is 2.57. The van der Waals surface area contributed by atoms with Gasteiger partial charge in [-0.05, 0) is 31.6 Å². The zero-order valence-electron chi connectivity index (χ0n) is 12.5. The van der Waals surface area contributed by atoms with E-state index in [0.717, 1.165) is 25.7 Å². The molecule has 1 aromatic rings. The summed E-state index contributed by atoms with van der Waals surface area (Å²) in [5.74, 6) is 0.609. The van der Waals surface area contributed by atoms with E-state index < -0.39 is 10.0 Å². The molecular weight excluding hydrogens is 288 g/mol. The summed E-state index contributed by atoms with van der Waals surface area (Å²) < 4.78 is 29.2. The summed E-state index contributed by atoms with van der Waals surface area (Å²) in [4.78, 5) is 3.93. The number of aromatic nitrogens is 2. The van der Waals surface area contributed by atoms with Gasteiger partial charge in [0.15, 0.2) is 10.8 Å². The molecule has 1 saturated heterocycles. The molecule has 0 spiro atoms. The maximum atomic E-state index is 13.0. The summed E-state index contributed by atoms with van der Waals surface area (Å²) in [7, 11) is -1.86. The molecule has 21 heavy (non-hydrogen) atoms. The number of sulfonamides is 1. The molecule has 2 N–H and O–H groups in total. The predicted octanol–water partition coefficient (Wildman–Crippen LogP) is 1.74. The molecule has 6 nitrogen and oxygen atoms in total. The number of anilines is 1. The summed E-state index contributed by atoms with van der Waals surface area (Å²) in [5.41, 5.74) is 5.78. The van der Waals surface area contributed by atoms with Crippen LogP contribution in [-0.4, -0.2) is 34.9 Å². The standard InChI is InChI=1S/C14H24N4O2S/c1-17-10-16-13(15)14(17)21(19,20)18-9-5-8-12(18)11-6-3-2-4-7-11/h10-12H,2-9,15H2,1H3. The van der Waals surface area contributed by atoms with Gasteiger partial charge in [-0.2, -0.15) is 4.31 Å². The number of hydrogen-bond acceptors (Lipinski definition) is 4. The van der Waals surface area contributed by atoms with Gasteiger partial charge in [-0.15, -0.1) is 0 Å². The second-order valence-corrected chi connectivity index (χ2v) is 8.08. The van der Waals surface area contributed by atoms with Crippen molar-refractivity contribution in [3.05, 3.63) is 6.33 Å². The van der Waals surface area contributed by atoms with E-state index in [1.165, 1.54) is 30.2 Å². The van der Waals surface area contributed by atoms with Gasteiger partial charge in [0.25, 0.3) is 10.0 Å². The minimum Gasteiger partial charge on any atom is -0.381 e. The van der Waals surface area contributed by atoms with Gasteiger partial charge in [0, 0.05) is 19.6 Å². The van der Waals surface area contributed by atoms with Crippen molar-refractivity contribution in [2.24, 2.45) is 13.0 Å². The largest absolute Gasteiger partial charge is 0.381 e. The summed E-state index contributed by atoms with van der Waals surface area (Å²) in [6.45, 7) is 0.605. The van der Waals surface area contributed by atoms with E-state index in [1.807, 2.05) is 0 Å². The van der Waals surface area contributed by atoms with E-state index in [0.29, 0.717) is 12.5 Å². The molecule has 0 amide bonds. The van der Waals surface area contributed by atoms with Crippen LogP contribution in [0.25, 0.3) is 0 Å². The number of nitrogens with zero attached hydrogens (tertiary/aromatic N) is 3. The van der Waals surface area contributed by atoms with E-state index in [1.54, 1.807) is 11.4 Å². The molecule has 0 radical (unpaired) electrons. The minimum atomic E-state index is -3.55. The Morgan fingerprint density at radius 1 is 1.19 bits per heavy atom. The Bertz CT molecular complexity index is 585. The molecule has 118 valence electrons. The van der Waals surface area contributed by atoms with Gasteiger partial charge >= 0.3 is 0 Å². The van der Waals surface area contributed by atoms with Gasteiger partial charge in [-0.25, -0.2) is 13.4 Å². The first-order valence-corrected chi connectivity index (χ1v) is 9.24. The molecule has 2 heterocycles. The van der Waals surface area contributed by atoms with Crippen LogP contribution in [0.15, 0.2) is 11.4 Å². The van der Waals surface area contributed by atoms with Gasteiger partial charge in [0.2, 0.25) is 0 Å². The van der Waals surface area contributed by atoms with Crippen LogP contribution in [-0.2, 0) is 17.1 Å². The number of nitrogen functional groups attached to an aromatic ring is 1. The molecule has 1 atom stereocenters. The van der Waals surface area contributed by atoms with Crippen LogP contribution in [0.3, 0.4) is 0 Å². The maximum Gasteiger partial charge on any atom is 0.262 e. The van der Waals surface area contributed by atoms with E-state index >= 15 is 0 Å². The molecule has 2 fully saturated rings. The second-order valence-electron chi connectivity index (χ2n) is 6.27. The third-order valence-corrected chi connectivity index (χ3v) is 6.96. The van der Waals surface area contributed by atoms with Gasteiger partial charge < -0.3 is 10.3 Å². The molecule has 7 heteroatoms. The zero-order valence-corrected chi connectivity index (χ0v) is 13.3. The van der Waals surface area contributed by atoms with Gasteiger partial charge in [-0.3, -0.25) is 0 Å². The number of hydrogen-bond donors (Lipinski definition) is 1. The Hall–Kier alpha value is -1.08. The Morgan fingerprint density at radius 3 is 2.52 bits per heavy atom. The fourth-order valence-corrected chi connectivity index (χ4v) is 5.87. The number of nitrogens with two attached hydrogens (primary N) is 1. The van der Waals surface area contributed by atoms with Crippen LogP contribution >= 0.6 is 0 Å². The van der Waals surface area contributed by atoms with Crippen molar-refractivity contribution in [1.29, 1.82) is 0 Å². The quantitative estimate of drug-likeness (QED) is 0.921. The number of rotatable bonds is 3. The van der Waals surface area contributed by atoms with E-state index in [4.69, 9.17) is 5.73 Å². The van der Waals surface area contributed by atoms with Crippen molar-refractivity contribution >= 4 is 15.8 Å².